The van der Waals surface area contributed by atoms with Crippen LogP contribution in [0.2, 0.25) is 0 Å². The molecule has 0 saturated carbocycles. The molecule has 7 heteroatoms. The fraction of sp³-hybridized carbons (Fsp3) is 0.364. The number of halogens is 1. The van der Waals surface area contributed by atoms with Gasteiger partial charge in [0.1, 0.15) is 6.10 Å². The van der Waals surface area contributed by atoms with Crippen LogP contribution in [0.4, 0.5) is 4.39 Å². The Hall–Kier alpha value is -1.31. The van der Waals surface area contributed by atoms with E-state index in [1.54, 1.807) is 0 Å². The lowest BCUT2D eigenvalue weighted by molar-refractivity contribution is -0.109. The number of aldehydes is 1. The van der Waals surface area contributed by atoms with Crippen molar-refractivity contribution in [3.8, 4) is 0 Å². The van der Waals surface area contributed by atoms with E-state index in [9.17, 15) is 24.2 Å². The molecule has 0 bridgehead atoms. The van der Waals surface area contributed by atoms with Gasteiger partial charge in [0, 0.05) is 18.9 Å². The second-order valence-electron chi connectivity index (χ2n) is 3.54. The number of hydrogen-bond acceptors (Lipinski definition) is 6. The van der Waals surface area contributed by atoms with Crippen molar-refractivity contribution in [1.29, 1.82) is 0 Å². The van der Waals surface area contributed by atoms with Crippen molar-refractivity contribution in [2.24, 2.45) is 0 Å². The largest absolute Gasteiger partial charge is 0.389 e. The van der Waals surface area contributed by atoms with Crippen molar-refractivity contribution >= 4 is 23.2 Å². The van der Waals surface area contributed by atoms with Gasteiger partial charge in [-0.15, -0.1) is 0 Å². The number of rotatable bonds is 5. The van der Waals surface area contributed by atoms with Crippen molar-refractivity contribution < 1.29 is 24.2 Å². The predicted octanol–water partition coefficient (Wildman–Crippen LogP) is 0.707. The van der Waals surface area contributed by atoms with Crippen molar-refractivity contribution in [2.75, 3.05) is 5.75 Å². The lowest BCUT2D eigenvalue weighted by atomic mass is 10.0. The maximum Gasteiger partial charge on any atom is 0.223 e. The van der Waals surface area contributed by atoms with Gasteiger partial charge in [0.05, 0.1) is 11.7 Å². The molecule has 0 aliphatic carbocycles. The molecular formula is C11H12FNO4S. The Morgan fingerprint density at radius 2 is 2.28 bits per heavy atom. The standard InChI is InChI=1S/C11H12FNO4S/c1-6(15)18-5-9(16)10(17)7-2-3-13-11(12)8(7)4-14/h2-4,9-10,16-17H,5H2,1H3. The summed E-state index contributed by atoms with van der Waals surface area (Å²) in [6, 6.07) is 1.25. The number of hydrogen-bond donors (Lipinski definition) is 2. The Balaban J connectivity index is 2.89. The third kappa shape index (κ3) is 3.59. The minimum Gasteiger partial charge on any atom is -0.389 e. The second-order valence-corrected chi connectivity index (χ2v) is 4.73. The fourth-order valence-electron chi connectivity index (χ4n) is 1.34. The fourth-order valence-corrected chi connectivity index (χ4v) is 1.92. The van der Waals surface area contributed by atoms with Crippen molar-refractivity contribution in [3.05, 3.63) is 29.3 Å². The molecule has 98 valence electrons. The van der Waals surface area contributed by atoms with Gasteiger partial charge in [0.25, 0.3) is 0 Å². The number of carbonyl (C=O) groups is 2. The number of thioether (sulfide) groups is 1. The molecule has 0 spiro atoms. The van der Waals surface area contributed by atoms with Crippen LogP contribution in [0.5, 0.6) is 0 Å². The first-order valence-electron chi connectivity index (χ1n) is 5.06. The summed E-state index contributed by atoms with van der Waals surface area (Å²) in [4.78, 5) is 24.7. The zero-order valence-electron chi connectivity index (χ0n) is 9.54. The topological polar surface area (TPSA) is 87.5 Å². The highest BCUT2D eigenvalue weighted by atomic mass is 32.2. The van der Waals surface area contributed by atoms with Crippen LogP contribution in [-0.2, 0) is 4.79 Å². The van der Waals surface area contributed by atoms with E-state index >= 15 is 0 Å². The molecule has 0 radical (unpaired) electrons. The molecule has 1 rings (SSSR count). The van der Waals surface area contributed by atoms with Crippen LogP contribution in [0.15, 0.2) is 12.3 Å². The molecule has 1 heterocycles. The lowest BCUT2D eigenvalue weighted by Gasteiger charge is -2.18. The lowest BCUT2D eigenvalue weighted by Crippen LogP contribution is -2.23. The van der Waals surface area contributed by atoms with Gasteiger partial charge in [-0.25, -0.2) is 4.98 Å². The van der Waals surface area contributed by atoms with E-state index in [4.69, 9.17) is 0 Å². The van der Waals surface area contributed by atoms with Gasteiger partial charge < -0.3 is 10.2 Å². The van der Waals surface area contributed by atoms with Crippen LogP contribution in [0, 0.1) is 5.95 Å². The third-order valence-electron chi connectivity index (χ3n) is 2.23. The van der Waals surface area contributed by atoms with Gasteiger partial charge >= 0.3 is 0 Å². The number of aliphatic hydroxyl groups is 2. The maximum absolute atomic E-state index is 13.2. The molecule has 2 unspecified atom stereocenters. The minimum absolute atomic E-state index is 0.0429. The zero-order chi connectivity index (χ0) is 13.7. The molecule has 0 amide bonds. The van der Waals surface area contributed by atoms with Gasteiger partial charge in [-0.3, -0.25) is 9.59 Å². The number of aromatic nitrogens is 1. The van der Waals surface area contributed by atoms with E-state index in [-0.39, 0.29) is 22.7 Å². The second kappa shape index (κ2) is 6.58. The summed E-state index contributed by atoms with van der Waals surface area (Å²) in [6.45, 7) is 1.33. The molecule has 2 N–H and O–H groups in total. The van der Waals surface area contributed by atoms with E-state index in [0.717, 1.165) is 18.0 Å². The van der Waals surface area contributed by atoms with Crippen LogP contribution >= 0.6 is 11.8 Å². The summed E-state index contributed by atoms with van der Waals surface area (Å²) in [5, 5.41) is 19.2. The van der Waals surface area contributed by atoms with Gasteiger partial charge in [0.15, 0.2) is 11.4 Å². The molecule has 0 saturated heterocycles. The molecular weight excluding hydrogens is 261 g/mol. The Morgan fingerprint density at radius 3 is 2.83 bits per heavy atom. The first kappa shape index (κ1) is 14.7. The van der Waals surface area contributed by atoms with Crippen LogP contribution < -0.4 is 0 Å². The Morgan fingerprint density at radius 1 is 1.61 bits per heavy atom. The van der Waals surface area contributed by atoms with Gasteiger partial charge in [0.2, 0.25) is 5.95 Å². The molecule has 0 aliphatic rings. The summed E-state index contributed by atoms with van der Waals surface area (Å²) < 4.78 is 13.2. The normalized spacial score (nSPS) is 14.0. The molecule has 1 aromatic rings. The average Bonchev–Trinajstić information content (AvgIpc) is 2.34. The molecule has 0 fully saturated rings. The highest BCUT2D eigenvalue weighted by Crippen LogP contribution is 2.23. The molecule has 2 atom stereocenters. The van der Waals surface area contributed by atoms with E-state index in [0.29, 0.717) is 0 Å². The van der Waals surface area contributed by atoms with E-state index in [1.807, 2.05) is 0 Å². The number of carbonyl (C=O) groups excluding carboxylic acids is 2. The molecule has 5 nitrogen and oxygen atoms in total. The molecule has 0 aromatic carbocycles. The van der Waals surface area contributed by atoms with E-state index in [1.165, 1.54) is 13.0 Å². The summed E-state index contributed by atoms with van der Waals surface area (Å²) in [7, 11) is 0. The SMILES string of the molecule is CC(=O)SCC(O)C(O)c1ccnc(F)c1C=O. The molecule has 0 aliphatic heterocycles. The van der Waals surface area contributed by atoms with Crippen molar-refractivity contribution in [3.63, 3.8) is 0 Å². The quantitative estimate of drug-likeness (QED) is 0.607. The van der Waals surface area contributed by atoms with Gasteiger partial charge in [-0.2, -0.15) is 4.39 Å². The first-order chi connectivity index (χ1) is 8.47. The summed E-state index contributed by atoms with van der Waals surface area (Å²) >= 11 is 0.833. The smallest absolute Gasteiger partial charge is 0.223 e. The molecule has 1 aromatic heterocycles. The molecule has 18 heavy (non-hydrogen) atoms. The van der Waals surface area contributed by atoms with Gasteiger partial charge in [-0.1, -0.05) is 11.8 Å². The first-order valence-corrected chi connectivity index (χ1v) is 6.05. The summed E-state index contributed by atoms with van der Waals surface area (Å²) in [5.41, 5.74) is -0.439. The Kier molecular flexibility index (Phi) is 5.39. The maximum atomic E-state index is 13.2. The monoisotopic (exact) mass is 273 g/mol. The van der Waals surface area contributed by atoms with E-state index < -0.39 is 23.7 Å². The third-order valence-corrected chi connectivity index (χ3v) is 3.15. The van der Waals surface area contributed by atoms with Crippen LogP contribution in [0.1, 0.15) is 28.9 Å². The van der Waals surface area contributed by atoms with Crippen molar-refractivity contribution in [2.45, 2.75) is 19.1 Å². The average molecular weight is 273 g/mol. The minimum atomic E-state index is -1.45. The number of pyridine rings is 1. The Labute approximate surface area is 107 Å². The zero-order valence-corrected chi connectivity index (χ0v) is 10.4. The highest BCUT2D eigenvalue weighted by Gasteiger charge is 2.23. The number of nitrogens with zero attached hydrogens (tertiary/aromatic N) is 1. The summed E-state index contributed by atoms with van der Waals surface area (Å²) in [6.07, 6.45) is -1.41. The highest BCUT2D eigenvalue weighted by molar-refractivity contribution is 8.13. The van der Waals surface area contributed by atoms with Crippen LogP contribution in [0.25, 0.3) is 0 Å². The van der Waals surface area contributed by atoms with Gasteiger partial charge in [-0.05, 0) is 11.6 Å². The Bertz CT molecular complexity index is 455. The summed E-state index contributed by atoms with van der Waals surface area (Å²) in [5.74, 6) is -1.05. The van der Waals surface area contributed by atoms with E-state index in [2.05, 4.69) is 4.98 Å². The predicted molar refractivity (Wildman–Crippen MR) is 63.7 cm³/mol. The van der Waals surface area contributed by atoms with Crippen LogP contribution in [-0.4, -0.2) is 38.5 Å². The van der Waals surface area contributed by atoms with Crippen molar-refractivity contribution in [1.82, 2.24) is 4.98 Å². The van der Waals surface area contributed by atoms with Crippen LogP contribution in [0.3, 0.4) is 0 Å². The number of aliphatic hydroxyl groups excluding tert-OH is 2.